The van der Waals surface area contributed by atoms with Crippen LogP contribution in [0.15, 0.2) is 6.07 Å². The Balaban J connectivity index is 3.11. The van der Waals surface area contributed by atoms with Gasteiger partial charge in [0, 0.05) is 12.0 Å². The maximum absolute atomic E-state index is 10.6. The molecule has 0 bridgehead atoms. The highest BCUT2D eigenvalue weighted by atomic mass is 16.4. The van der Waals surface area contributed by atoms with Crippen LogP contribution in [-0.2, 0) is 11.2 Å². The van der Waals surface area contributed by atoms with Gasteiger partial charge in [-0.05, 0) is 25.0 Å². The van der Waals surface area contributed by atoms with Crippen molar-refractivity contribution < 1.29 is 20.1 Å². The summed E-state index contributed by atoms with van der Waals surface area (Å²) >= 11 is 0. The van der Waals surface area contributed by atoms with E-state index in [4.69, 9.17) is 10.8 Å². The van der Waals surface area contributed by atoms with Gasteiger partial charge < -0.3 is 21.1 Å². The normalized spacial score (nSPS) is 12.4. The Labute approximate surface area is 93.1 Å². The summed E-state index contributed by atoms with van der Waals surface area (Å²) < 4.78 is 0. The molecule has 0 aromatic heterocycles. The molecule has 0 radical (unpaired) electrons. The molecule has 1 aromatic carbocycles. The molecule has 0 saturated carbocycles. The molecule has 0 fully saturated rings. The molecule has 0 amide bonds. The molecule has 16 heavy (non-hydrogen) atoms. The Kier molecular flexibility index (Phi) is 3.39. The number of aromatic hydroxyl groups is 2. The van der Waals surface area contributed by atoms with E-state index in [1.165, 1.54) is 0 Å². The predicted molar refractivity (Wildman–Crippen MR) is 58.6 cm³/mol. The number of aryl methyl sites for hydroxylation is 1. The molecule has 1 aromatic rings. The minimum Gasteiger partial charge on any atom is -0.504 e. The monoisotopic (exact) mass is 225 g/mol. The molecule has 5 nitrogen and oxygen atoms in total. The molecule has 1 unspecified atom stereocenters. The van der Waals surface area contributed by atoms with Crippen LogP contribution in [0, 0.1) is 13.8 Å². The molecule has 0 heterocycles. The first kappa shape index (κ1) is 12.3. The maximum Gasteiger partial charge on any atom is 0.320 e. The number of hydrogen-bond donors (Lipinski definition) is 4. The van der Waals surface area contributed by atoms with Crippen LogP contribution in [0.1, 0.15) is 16.7 Å². The van der Waals surface area contributed by atoms with Crippen molar-refractivity contribution in [3.8, 4) is 11.5 Å². The van der Waals surface area contributed by atoms with Gasteiger partial charge in [0.1, 0.15) is 6.04 Å². The van der Waals surface area contributed by atoms with Gasteiger partial charge in [-0.25, -0.2) is 0 Å². The third-order valence-electron chi connectivity index (χ3n) is 2.62. The minimum atomic E-state index is -1.14. The topological polar surface area (TPSA) is 104 Å². The highest BCUT2D eigenvalue weighted by Crippen LogP contribution is 2.34. The van der Waals surface area contributed by atoms with Gasteiger partial charge in [-0.15, -0.1) is 0 Å². The number of hydrogen-bond acceptors (Lipinski definition) is 4. The molecule has 0 saturated heterocycles. The number of nitrogens with two attached hydrogens (primary N) is 1. The molecule has 0 aliphatic heterocycles. The van der Waals surface area contributed by atoms with Gasteiger partial charge in [0.25, 0.3) is 0 Å². The fourth-order valence-electron chi connectivity index (χ4n) is 1.43. The van der Waals surface area contributed by atoms with Crippen molar-refractivity contribution in [3.05, 3.63) is 22.8 Å². The zero-order chi connectivity index (χ0) is 12.5. The lowest BCUT2D eigenvalue weighted by Gasteiger charge is -2.13. The van der Waals surface area contributed by atoms with E-state index >= 15 is 0 Å². The molecule has 5 heteroatoms. The van der Waals surface area contributed by atoms with Crippen molar-refractivity contribution >= 4 is 5.97 Å². The van der Waals surface area contributed by atoms with E-state index in [2.05, 4.69) is 0 Å². The Morgan fingerprint density at radius 2 is 1.94 bits per heavy atom. The standard InChI is InChI=1S/C11H15NO4/c1-5-3-7(4-8(12)11(15)16)10(14)9(13)6(5)2/h3,8,13-14H,4,12H2,1-2H3,(H,15,16). The number of carboxylic acids is 1. The van der Waals surface area contributed by atoms with Gasteiger partial charge in [-0.2, -0.15) is 0 Å². The largest absolute Gasteiger partial charge is 0.504 e. The molecular weight excluding hydrogens is 210 g/mol. The molecule has 1 rings (SSSR count). The van der Waals surface area contributed by atoms with E-state index in [9.17, 15) is 15.0 Å². The van der Waals surface area contributed by atoms with Crippen LogP contribution in [0.5, 0.6) is 11.5 Å². The maximum atomic E-state index is 10.6. The summed E-state index contributed by atoms with van der Waals surface area (Å²) in [6.07, 6.45) is -0.0180. The molecule has 0 aliphatic rings. The summed E-state index contributed by atoms with van der Waals surface area (Å²) in [5.74, 6) is -1.65. The number of rotatable bonds is 3. The first-order chi connectivity index (χ1) is 7.34. The quantitative estimate of drug-likeness (QED) is 0.566. The lowest BCUT2D eigenvalue weighted by atomic mass is 9.99. The number of aliphatic carboxylic acids is 1. The van der Waals surface area contributed by atoms with Crippen molar-refractivity contribution in [1.29, 1.82) is 0 Å². The fraction of sp³-hybridized carbons (Fsp3) is 0.364. The van der Waals surface area contributed by atoms with E-state index in [0.29, 0.717) is 11.1 Å². The van der Waals surface area contributed by atoms with E-state index in [0.717, 1.165) is 5.56 Å². The molecule has 88 valence electrons. The molecule has 5 N–H and O–H groups in total. The van der Waals surface area contributed by atoms with Crippen molar-refractivity contribution in [3.63, 3.8) is 0 Å². The number of phenolic OH excluding ortho intramolecular Hbond substituents is 2. The van der Waals surface area contributed by atoms with Gasteiger partial charge in [0.05, 0.1) is 0 Å². The first-order valence-electron chi connectivity index (χ1n) is 4.84. The summed E-state index contributed by atoms with van der Waals surface area (Å²) in [5.41, 5.74) is 7.06. The molecule has 0 aliphatic carbocycles. The SMILES string of the molecule is Cc1cc(CC(N)C(=O)O)c(O)c(O)c1C. The highest BCUT2D eigenvalue weighted by Gasteiger charge is 2.18. The van der Waals surface area contributed by atoms with Gasteiger partial charge in [0.15, 0.2) is 11.5 Å². The third kappa shape index (κ3) is 2.25. The van der Waals surface area contributed by atoms with Crippen LogP contribution in [0.2, 0.25) is 0 Å². The zero-order valence-corrected chi connectivity index (χ0v) is 9.19. The minimum absolute atomic E-state index is 0.0180. The number of carboxylic acid groups (broad SMARTS) is 1. The van der Waals surface area contributed by atoms with Crippen molar-refractivity contribution in [2.24, 2.45) is 5.73 Å². The average molecular weight is 225 g/mol. The molecule has 0 spiro atoms. The van der Waals surface area contributed by atoms with Crippen LogP contribution >= 0.6 is 0 Å². The third-order valence-corrected chi connectivity index (χ3v) is 2.62. The second kappa shape index (κ2) is 4.40. The van der Waals surface area contributed by atoms with E-state index in [-0.39, 0.29) is 17.9 Å². The van der Waals surface area contributed by atoms with Gasteiger partial charge in [-0.1, -0.05) is 6.07 Å². The fourth-order valence-corrected chi connectivity index (χ4v) is 1.43. The molecule has 1 atom stereocenters. The number of phenols is 2. The predicted octanol–water partition coefficient (Wildman–Crippen LogP) is 0.669. The molecular formula is C11H15NO4. The summed E-state index contributed by atoms with van der Waals surface area (Å²) in [6, 6.07) is 0.542. The number of carbonyl (C=O) groups is 1. The van der Waals surface area contributed by atoms with Crippen molar-refractivity contribution in [2.75, 3.05) is 0 Å². The zero-order valence-electron chi connectivity index (χ0n) is 9.19. The van der Waals surface area contributed by atoms with Gasteiger partial charge >= 0.3 is 5.97 Å². The van der Waals surface area contributed by atoms with Crippen LogP contribution < -0.4 is 5.73 Å². The van der Waals surface area contributed by atoms with Crippen molar-refractivity contribution in [1.82, 2.24) is 0 Å². The smallest absolute Gasteiger partial charge is 0.320 e. The van der Waals surface area contributed by atoms with Gasteiger partial charge in [-0.3, -0.25) is 4.79 Å². The average Bonchev–Trinajstić information content (AvgIpc) is 2.22. The summed E-state index contributed by atoms with van der Waals surface area (Å²) in [4.78, 5) is 10.6. The Morgan fingerprint density at radius 1 is 1.38 bits per heavy atom. The van der Waals surface area contributed by atoms with E-state index in [1.807, 2.05) is 0 Å². The Bertz CT molecular complexity index is 428. The summed E-state index contributed by atoms with van der Waals surface area (Å²) in [7, 11) is 0. The van der Waals surface area contributed by atoms with Crippen LogP contribution in [0.3, 0.4) is 0 Å². The van der Waals surface area contributed by atoms with E-state index < -0.39 is 12.0 Å². The second-order valence-corrected chi connectivity index (χ2v) is 3.82. The lowest BCUT2D eigenvalue weighted by Crippen LogP contribution is -2.32. The van der Waals surface area contributed by atoms with Crippen LogP contribution in [0.25, 0.3) is 0 Å². The van der Waals surface area contributed by atoms with Crippen LogP contribution in [0.4, 0.5) is 0 Å². The Morgan fingerprint density at radius 3 is 2.44 bits per heavy atom. The van der Waals surface area contributed by atoms with Gasteiger partial charge in [0.2, 0.25) is 0 Å². The Hall–Kier alpha value is -1.75. The van der Waals surface area contributed by atoms with E-state index in [1.54, 1.807) is 19.9 Å². The van der Waals surface area contributed by atoms with Crippen LogP contribution in [-0.4, -0.2) is 27.3 Å². The summed E-state index contributed by atoms with van der Waals surface area (Å²) in [6.45, 7) is 3.44. The highest BCUT2D eigenvalue weighted by molar-refractivity contribution is 5.74. The number of benzene rings is 1. The lowest BCUT2D eigenvalue weighted by molar-refractivity contribution is -0.138. The first-order valence-corrected chi connectivity index (χ1v) is 4.84. The summed E-state index contributed by atoms with van der Waals surface area (Å²) in [5, 5.41) is 27.9. The second-order valence-electron chi connectivity index (χ2n) is 3.82. The van der Waals surface area contributed by atoms with Crippen molar-refractivity contribution in [2.45, 2.75) is 26.3 Å².